The summed E-state index contributed by atoms with van der Waals surface area (Å²) in [7, 11) is 0. The zero-order valence-corrected chi connectivity index (χ0v) is 31.5. The number of carbonyl (C=O) groups excluding carboxylic acids is 4. The van der Waals surface area contributed by atoms with Crippen molar-refractivity contribution in [1.29, 1.82) is 0 Å². The van der Waals surface area contributed by atoms with E-state index in [1.165, 1.54) is 0 Å². The van der Waals surface area contributed by atoms with Crippen molar-refractivity contribution in [2.24, 2.45) is 0 Å². The fourth-order valence-electron chi connectivity index (χ4n) is 3.70. The first-order chi connectivity index (χ1) is 22.0. The molecule has 0 aromatic carbocycles. The molecule has 48 heavy (non-hydrogen) atoms. The summed E-state index contributed by atoms with van der Waals surface area (Å²) in [6.45, 7) is 24.6. The molecule has 0 radical (unpaired) electrons. The highest BCUT2D eigenvalue weighted by molar-refractivity contribution is 5.83. The Morgan fingerprint density at radius 1 is 0.417 bits per heavy atom. The van der Waals surface area contributed by atoms with Gasteiger partial charge in [-0.1, -0.05) is 0 Å². The first-order valence-electron chi connectivity index (χ1n) is 16.6. The second kappa shape index (κ2) is 22.4. The molecule has 14 nitrogen and oxygen atoms in total. The van der Waals surface area contributed by atoms with Gasteiger partial charge in [0.25, 0.3) is 0 Å². The molecule has 0 aromatic heterocycles. The molecule has 0 saturated carbocycles. The van der Waals surface area contributed by atoms with Crippen molar-refractivity contribution in [3.05, 3.63) is 0 Å². The summed E-state index contributed by atoms with van der Waals surface area (Å²) >= 11 is 0. The maximum atomic E-state index is 12.6. The number of hydrogen-bond donors (Lipinski definition) is 2. The third-order valence-electron chi connectivity index (χ3n) is 5.35. The molecular weight excluding hydrogens is 628 g/mol. The average Bonchev–Trinajstić information content (AvgIpc) is 2.87. The minimum Gasteiger partial charge on any atom is -0.460 e. The molecule has 0 bridgehead atoms. The van der Waals surface area contributed by atoms with Crippen LogP contribution in [0.25, 0.3) is 0 Å². The molecule has 0 aromatic rings. The zero-order chi connectivity index (χ0) is 37.0. The standard InChI is InChI=1S/C34H64N2O12/c1-31(2,3)45-27(37)23-25(29(39)47-33(7,8)9)35-13-15-41-17-19-43-21-22-44-20-18-42-16-14-36-26(30(40)48-34(10,11)12)24-28(38)46-32(4,5)6/h25-26,35-36H,13-24H2,1-12H3. The Bertz CT molecular complexity index is 870. The summed E-state index contributed by atoms with van der Waals surface area (Å²) in [5.74, 6) is -2.04. The van der Waals surface area contributed by atoms with E-state index in [4.69, 9.17) is 37.9 Å². The first kappa shape index (κ1) is 45.6. The summed E-state index contributed by atoms with van der Waals surface area (Å²) in [6, 6.07) is -1.70. The molecule has 14 heteroatoms. The van der Waals surface area contributed by atoms with Crippen LogP contribution in [0.1, 0.15) is 95.9 Å². The normalized spacial score (nSPS) is 13.8. The minimum atomic E-state index is -0.852. The lowest BCUT2D eigenvalue weighted by molar-refractivity contribution is -0.164. The molecule has 0 fully saturated rings. The van der Waals surface area contributed by atoms with E-state index < -0.39 is 58.4 Å². The van der Waals surface area contributed by atoms with Gasteiger partial charge in [0.05, 0.1) is 65.7 Å². The van der Waals surface area contributed by atoms with Crippen LogP contribution in [0.2, 0.25) is 0 Å². The average molecular weight is 693 g/mol. The van der Waals surface area contributed by atoms with Crippen LogP contribution < -0.4 is 10.6 Å². The highest BCUT2D eigenvalue weighted by Crippen LogP contribution is 2.14. The van der Waals surface area contributed by atoms with Crippen LogP contribution in [-0.2, 0) is 57.1 Å². The van der Waals surface area contributed by atoms with Crippen LogP contribution in [0.15, 0.2) is 0 Å². The molecular formula is C34H64N2O12. The lowest BCUT2D eigenvalue weighted by Gasteiger charge is -2.25. The summed E-state index contributed by atoms with van der Waals surface area (Å²) in [6.07, 6.45) is -0.302. The monoisotopic (exact) mass is 692 g/mol. The molecule has 0 saturated heterocycles. The molecule has 282 valence electrons. The molecule has 0 aliphatic rings. The fourth-order valence-corrected chi connectivity index (χ4v) is 3.70. The molecule has 0 spiro atoms. The van der Waals surface area contributed by atoms with Crippen LogP contribution in [0.4, 0.5) is 0 Å². The van der Waals surface area contributed by atoms with Gasteiger partial charge in [-0.15, -0.1) is 0 Å². The predicted octanol–water partition coefficient (Wildman–Crippen LogP) is 3.12. The van der Waals surface area contributed by atoms with E-state index in [1.807, 2.05) is 0 Å². The van der Waals surface area contributed by atoms with E-state index in [2.05, 4.69) is 10.6 Å². The Hall–Kier alpha value is -2.36. The summed E-state index contributed by atoms with van der Waals surface area (Å²) in [4.78, 5) is 49.7. The zero-order valence-electron chi connectivity index (χ0n) is 31.5. The van der Waals surface area contributed by atoms with Gasteiger partial charge < -0.3 is 48.5 Å². The van der Waals surface area contributed by atoms with Gasteiger partial charge in [0, 0.05) is 13.1 Å². The number of rotatable bonds is 23. The Labute approximate surface area is 287 Å². The van der Waals surface area contributed by atoms with Gasteiger partial charge >= 0.3 is 23.9 Å². The van der Waals surface area contributed by atoms with E-state index in [9.17, 15) is 19.2 Å². The molecule has 0 aliphatic carbocycles. The number of esters is 4. The number of hydrogen-bond acceptors (Lipinski definition) is 14. The highest BCUT2D eigenvalue weighted by atomic mass is 16.6. The highest BCUT2D eigenvalue weighted by Gasteiger charge is 2.30. The summed E-state index contributed by atoms with van der Waals surface area (Å²) in [5, 5.41) is 6.04. The molecule has 2 N–H and O–H groups in total. The summed E-state index contributed by atoms with van der Waals surface area (Å²) < 4.78 is 43.7. The van der Waals surface area contributed by atoms with Crippen molar-refractivity contribution in [3.63, 3.8) is 0 Å². The minimum absolute atomic E-state index is 0.151. The maximum absolute atomic E-state index is 12.6. The number of nitrogens with one attached hydrogen (secondary N) is 2. The van der Waals surface area contributed by atoms with Crippen molar-refractivity contribution in [1.82, 2.24) is 10.6 Å². The van der Waals surface area contributed by atoms with Crippen molar-refractivity contribution in [3.8, 4) is 0 Å². The second-order valence-electron chi connectivity index (χ2n) is 15.1. The van der Waals surface area contributed by atoms with Crippen molar-refractivity contribution < 1.29 is 57.1 Å². The number of ether oxygens (including phenoxy) is 8. The Morgan fingerprint density at radius 2 is 0.667 bits per heavy atom. The topological polar surface area (TPSA) is 166 Å². The van der Waals surface area contributed by atoms with Crippen LogP contribution in [0, 0.1) is 0 Å². The largest absolute Gasteiger partial charge is 0.460 e. The van der Waals surface area contributed by atoms with Gasteiger partial charge in [0.1, 0.15) is 34.5 Å². The fraction of sp³-hybridized carbons (Fsp3) is 0.882. The van der Waals surface area contributed by atoms with Crippen LogP contribution in [0.5, 0.6) is 0 Å². The van der Waals surface area contributed by atoms with Crippen molar-refractivity contribution >= 4 is 23.9 Å². The van der Waals surface area contributed by atoms with Crippen molar-refractivity contribution in [2.75, 3.05) is 65.9 Å². The molecule has 2 atom stereocenters. The number of carbonyl (C=O) groups is 4. The van der Waals surface area contributed by atoms with Gasteiger partial charge in [-0.2, -0.15) is 0 Å². The van der Waals surface area contributed by atoms with Crippen LogP contribution in [0.3, 0.4) is 0 Å². The maximum Gasteiger partial charge on any atom is 0.324 e. The quantitative estimate of drug-likeness (QED) is 0.0911. The van der Waals surface area contributed by atoms with Crippen molar-refractivity contribution in [2.45, 2.75) is 130 Å². The third kappa shape index (κ3) is 28.6. The Morgan fingerprint density at radius 3 is 0.917 bits per heavy atom. The summed E-state index contributed by atoms with van der Waals surface area (Å²) in [5.41, 5.74) is -2.68. The molecule has 2 unspecified atom stereocenters. The van der Waals surface area contributed by atoms with Gasteiger partial charge in [-0.05, 0) is 83.1 Å². The molecule has 0 rings (SSSR count). The van der Waals surface area contributed by atoms with Crippen LogP contribution in [-0.4, -0.2) is 124 Å². The van der Waals surface area contributed by atoms with E-state index >= 15 is 0 Å². The van der Waals surface area contributed by atoms with Crippen LogP contribution >= 0.6 is 0 Å². The Kier molecular flexibility index (Phi) is 21.3. The van der Waals surface area contributed by atoms with Gasteiger partial charge in [0.15, 0.2) is 0 Å². The first-order valence-corrected chi connectivity index (χ1v) is 16.6. The van der Waals surface area contributed by atoms with Gasteiger partial charge in [-0.25, -0.2) is 0 Å². The smallest absolute Gasteiger partial charge is 0.324 e. The lowest BCUT2D eigenvalue weighted by atomic mass is 10.1. The van der Waals surface area contributed by atoms with E-state index in [-0.39, 0.29) is 12.8 Å². The second-order valence-corrected chi connectivity index (χ2v) is 15.1. The third-order valence-corrected chi connectivity index (χ3v) is 5.35. The SMILES string of the molecule is CC(C)(C)OC(=O)CC(NCCOCCOCCOCCOCCNC(CC(=O)OC(C)(C)C)C(=O)OC(C)(C)C)C(=O)OC(C)(C)C. The van der Waals surface area contributed by atoms with E-state index in [1.54, 1.807) is 83.1 Å². The van der Waals surface area contributed by atoms with E-state index in [0.29, 0.717) is 65.9 Å². The Balaban J connectivity index is 4.13. The molecule has 0 aliphatic heterocycles. The van der Waals surface area contributed by atoms with E-state index in [0.717, 1.165) is 0 Å². The molecule has 0 amide bonds. The van der Waals surface area contributed by atoms with Gasteiger partial charge in [0.2, 0.25) is 0 Å². The lowest BCUT2D eigenvalue weighted by Crippen LogP contribution is -2.44. The van der Waals surface area contributed by atoms with Gasteiger partial charge in [-0.3, -0.25) is 19.2 Å². The molecule has 0 heterocycles. The predicted molar refractivity (Wildman–Crippen MR) is 179 cm³/mol.